The molecule has 2 nitrogen and oxygen atoms in total. The van der Waals surface area contributed by atoms with Crippen LogP contribution in [-0.4, -0.2) is 43.3 Å². The van der Waals surface area contributed by atoms with E-state index in [-0.39, 0.29) is 5.50 Å². The lowest BCUT2D eigenvalue weighted by Gasteiger charge is -2.41. The van der Waals surface area contributed by atoms with E-state index in [1.54, 1.807) is 0 Å². The van der Waals surface area contributed by atoms with Crippen molar-refractivity contribution in [2.24, 2.45) is 0 Å². The van der Waals surface area contributed by atoms with Crippen molar-refractivity contribution in [3.8, 4) is 0 Å². The van der Waals surface area contributed by atoms with Crippen LogP contribution in [0, 0.1) is 0 Å². The first kappa shape index (κ1) is 18.3. The summed E-state index contributed by atoms with van der Waals surface area (Å²) in [6.45, 7) is 6.16. The van der Waals surface area contributed by atoms with E-state index in [2.05, 4.69) is 14.0 Å². The fraction of sp³-hybridized carbons (Fsp3) is 1.00. The minimum atomic E-state index is 0.155. The van der Waals surface area contributed by atoms with Gasteiger partial charge in [-0.2, -0.15) is 0 Å². The summed E-state index contributed by atoms with van der Waals surface area (Å²) in [5, 5.41) is 0. The second kappa shape index (κ2) is 10.9. The van der Waals surface area contributed by atoms with E-state index in [0.29, 0.717) is 0 Å². The SMILES string of the molecule is CCCCCCCCCCCC[N+]1(C)CCOCC1Cl. The molecular weight excluding hydrogens is 270 g/mol. The first-order valence-corrected chi connectivity index (χ1v) is 9.19. The molecule has 1 aliphatic heterocycles. The number of unbranched alkanes of at least 4 members (excludes halogenated alkanes) is 9. The second-order valence-electron chi connectivity index (χ2n) is 6.62. The van der Waals surface area contributed by atoms with Crippen LogP contribution in [0.4, 0.5) is 0 Å². The predicted octanol–water partition coefficient (Wildman–Crippen LogP) is 4.95. The topological polar surface area (TPSA) is 9.23 Å². The van der Waals surface area contributed by atoms with E-state index in [4.69, 9.17) is 16.3 Å². The van der Waals surface area contributed by atoms with E-state index < -0.39 is 0 Å². The van der Waals surface area contributed by atoms with Crippen LogP contribution in [0.25, 0.3) is 0 Å². The lowest BCUT2D eigenvalue weighted by molar-refractivity contribution is -0.928. The molecule has 0 amide bonds. The van der Waals surface area contributed by atoms with Gasteiger partial charge in [0.1, 0.15) is 13.2 Å². The molecule has 0 radical (unpaired) electrons. The number of morpholine rings is 1. The molecule has 0 aromatic rings. The Balaban J connectivity index is 1.91. The van der Waals surface area contributed by atoms with E-state index >= 15 is 0 Å². The highest BCUT2D eigenvalue weighted by Crippen LogP contribution is 2.21. The molecule has 1 aliphatic rings. The summed E-state index contributed by atoms with van der Waals surface area (Å²) in [5.41, 5.74) is 0.155. The molecule has 2 atom stereocenters. The van der Waals surface area contributed by atoms with Gasteiger partial charge in [-0.05, 0) is 12.8 Å². The van der Waals surface area contributed by atoms with Gasteiger partial charge >= 0.3 is 0 Å². The summed E-state index contributed by atoms with van der Waals surface area (Å²) < 4.78 is 6.43. The normalized spacial score (nSPS) is 26.9. The number of ether oxygens (including phenoxy) is 1. The van der Waals surface area contributed by atoms with Crippen LogP contribution in [0.1, 0.15) is 71.1 Å². The number of rotatable bonds is 11. The molecule has 0 saturated carbocycles. The number of quaternary nitrogens is 1. The lowest BCUT2D eigenvalue weighted by atomic mass is 10.1. The van der Waals surface area contributed by atoms with Crippen molar-refractivity contribution in [2.75, 3.05) is 33.4 Å². The van der Waals surface area contributed by atoms with Gasteiger partial charge in [0.05, 0.1) is 20.2 Å². The maximum atomic E-state index is 6.39. The molecule has 1 saturated heterocycles. The Morgan fingerprint density at radius 3 is 2.05 bits per heavy atom. The molecule has 1 heterocycles. The van der Waals surface area contributed by atoms with Gasteiger partial charge in [0.15, 0.2) is 5.50 Å². The Morgan fingerprint density at radius 1 is 0.950 bits per heavy atom. The van der Waals surface area contributed by atoms with Crippen LogP contribution >= 0.6 is 11.6 Å². The molecule has 1 rings (SSSR count). The Labute approximate surface area is 131 Å². The quantitative estimate of drug-likeness (QED) is 0.227. The second-order valence-corrected chi connectivity index (χ2v) is 7.12. The Morgan fingerprint density at radius 2 is 1.50 bits per heavy atom. The first-order valence-electron chi connectivity index (χ1n) is 8.75. The van der Waals surface area contributed by atoms with Gasteiger partial charge in [0.25, 0.3) is 0 Å². The zero-order valence-corrected chi connectivity index (χ0v) is 14.5. The Hall–Kier alpha value is 0.210. The van der Waals surface area contributed by atoms with Crippen molar-refractivity contribution >= 4 is 11.6 Å². The number of halogens is 1. The van der Waals surface area contributed by atoms with Gasteiger partial charge in [0, 0.05) is 0 Å². The predicted molar refractivity (Wildman–Crippen MR) is 88.2 cm³/mol. The maximum Gasteiger partial charge on any atom is 0.188 e. The van der Waals surface area contributed by atoms with E-state index in [0.717, 1.165) is 24.2 Å². The molecule has 0 aliphatic carbocycles. The fourth-order valence-corrected chi connectivity index (χ4v) is 3.27. The van der Waals surface area contributed by atoms with Gasteiger partial charge in [-0.1, -0.05) is 69.9 Å². The third kappa shape index (κ3) is 7.28. The van der Waals surface area contributed by atoms with E-state index in [1.165, 1.54) is 70.8 Å². The summed E-state index contributed by atoms with van der Waals surface area (Å²) in [6, 6.07) is 0. The minimum Gasteiger partial charge on any atom is -0.368 e. The van der Waals surface area contributed by atoms with Crippen molar-refractivity contribution in [3.63, 3.8) is 0 Å². The summed E-state index contributed by atoms with van der Waals surface area (Å²) in [7, 11) is 2.29. The van der Waals surface area contributed by atoms with Crippen molar-refractivity contribution in [2.45, 2.75) is 76.6 Å². The number of likely N-dealkylation sites (N-methyl/N-ethyl adjacent to an activating group) is 1. The van der Waals surface area contributed by atoms with Gasteiger partial charge in [-0.15, -0.1) is 0 Å². The molecule has 0 aromatic heterocycles. The van der Waals surface area contributed by atoms with Crippen LogP contribution in [0.3, 0.4) is 0 Å². The van der Waals surface area contributed by atoms with Crippen LogP contribution in [-0.2, 0) is 4.74 Å². The zero-order valence-electron chi connectivity index (χ0n) is 13.7. The molecule has 120 valence electrons. The highest BCUT2D eigenvalue weighted by molar-refractivity contribution is 6.19. The molecule has 0 bridgehead atoms. The molecule has 20 heavy (non-hydrogen) atoms. The van der Waals surface area contributed by atoms with Crippen molar-refractivity contribution in [3.05, 3.63) is 0 Å². The summed E-state index contributed by atoms with van der Waals surface area (Å²) in [4.78, 5) is 0. The van der Waals surface area contributed by atoms with Gasteiger partial charge < -0.3 is 9.22 Å². The largest absolute Gasteiger partial charge is 0.368 e. The Bertz CT molecular complexity index is 237. The summed E-state index contributed by atoms with van der Waals surface area (Å²) in [5.74, 6) is 0. The maximum absolute atomic E-state index is 6.39. The highest BCUT2D eigenvalue weighted by atomic mass is 35.5. The Kier molecular flexibility index (Phi) is 9.92. The smallest absolute Gasteiger partial charge is 0.188 e. The standard InChI is InChI=1S/C17H35ClNO/c1-3-4-5-6-7-8-9-10-11-12-13-19(2)14-15-20-16-17(19)18/h17H,3-16H2,1-2H3/q+1. The molecule has 2 unspecified atom stereocenters. The minimum absolute atomic E-state index is 0.155. The average Bonchev–Trinajstić information content (AvgIpc) is 2.44. The third-order valence-corrected chi connectivity index (χ3v) is 5.30. The van der Waals surface area contributed by atoms with Crippen LogP contribution < -0.4 is 0 Å². The van der Waals surface area contributed by atoms with Gasteiger partial charge in [0.2, 0.25) is 0 Å². The number of nitrogens with zero attached hydrogens (tertiary/aromatic N) is 1. The summed E-state index contributed by atoms with van der Waals surface area (Å²) >= 11 is 6.39. The lowest BCUT2D eigenvalue weighted by Crippen LogP contribution is -2.57. The number of alkyl halides is 1. The van der Waals surface area contributed by atoms with Gasteiger partial charge in [-0.3, -0.25) is 0 Å². The van der Waals surface area contributed by atoms with Crippen molar-refractivity contribution < 1.29 is 9.22 Å². The highest BCUT2D eigenvalue weighted by Gasteiger charge is 2.33. The van der Waals surface area contributed by atoms with Crippen molar-refractivity contribution in [1.82, 2.24) is 0 Å². The molecular formula is C17H35ClNO+. The summed E-state index contributed by atoms with van der Waals surface area (Å²) in [6.07, 6.45) is 14.0. The van der Waals surface area contributed by atoms with Crippen LogP contribution in [0.2, 0.25) is 0 Å². The first-order chi connectivity index (χ1) is 9.69. The monoisotopic (exact) mass is 304 g/mol. The molecule has 0 spiro atoms. The molecule has 0 N–H and O–H groups in total. The molecule has 1 fully saturated rings. The average molecular weight is 305 g/mol. The molecule has 0 aromatic carbocycles. The fourth-order valence-electron chi connectivity index (χ4n) is 2.99. The van der Waals surface area contributed by atoms with Crippen molar-refractivity contribution in [1.29, 1.82) is 0 Å². The third-order valence-electron chi connectivity index (χ3n) is 4.70. The zero-order chi connectivity index (χ0) is 14.7. The number of hydrogen-bond donors (Lipinski definition) is 0. The molecule has 3 heteroatoms. The van der Waals surface area contributed by atoms with E-state index in [9.17, 15) is 0 Å². The van der Waals surface area contributed by atoms with Crippen LogP contribution in [0.15, 0.2) is 0 Å². The number of hydrogen-bond acceptors (Lipinski definition) is 1. The van der Waals surface area contributed by atoms with Crippen LogP contribution in [0.5, 0.6) is 0 Å². The van der Waals surface area contributed by atoms with E-state index in [1.807, 2.05) is 0 Å². The van der Waals surface area contributed by atoms with Gasteiger partial charge in [-0.25, -0.2) is 0 Å².